The van der Waals surface area contributed by atoms with Gasteiger partial charge in [0.2, 0.25) is 5.91 Å². The molecule has 16 heavy (non-hydrogen) atoms. The van der Waals surface area contributed by atoms with E-state index in [1.165, 1.54) is 0 Å². The number of benzene rings is 1. The number of methoxy groups -OCH3 is 1. The highest BCUT2D eigenvalue weighted by Crippen LogP contribution is 2.16. The molecule has 1 unspecified atom stereocenters. The molecule has 4 heteroatoms. The molecule has 0 saturated heterocycles. The number of ether oxygens (including phenoxy) is 1. The van der Waals surface area contributed by atoms with Crippen LogP contribution in [0.4, 0.5) is 0 Å². The summed E-state index contributed by atoms with van der Waals surface area (Å²) < 4.78 is 5.15. The maximum absolute atomic E-state index is 11.3. The summed E-state index contributed by atoms with van der Waals surface area (Å²) in [7, 11) is 1.62. The molecule has 0 heterocycles. The summed E-state index contributed by atoms with van der Waals surface area (Å²) >= 11 is 0. The Kier molecular flexibility index (Phi) is 4.31. The van der Waals surface area contributed by atoms with Crippen molar-refractivity contribution in [1.82, 2.24) is 5.32 Å². The van der Waals surface area contributed by atoms with E-state index in [-0.39, 0.29) is 5.91 Å². The smallest absolute Gasteiger partial charge is 0.236 e. The van der Waals surface area contributed by atoms with E-state index in [1.807, 2.05) is 25.1 Å². The fraction of sp³-hybridized carbons (Fsp3) is 0.417. The molecule has 1 aromatic rings. The van der Waals surface area contributed by atoms with Crippen molar-refractivity contribution in [3.05, 3.63) is 29.3 Å². The number of nitrogens with two attached hydrogens (primary N) is 1. The van der Waals surface area contributed by atoms with Crippen molar-refractivity contribution >= 4 is 5.91 Å². The highest BCUT2D eigenvalue weighted by Gasteiger charge is 2.06. The number of aryl methyl sites for hydroxylation is 1. The second kappa shape index (κ2) is 5.51. The average molecular weight is 222 g/mol. The number of hydrogen-bond donors (Lipinski definition) is 2. The van der Waals surface area contributed by atoms with E-state index in [0.29, 0.717) is 6.54 Å². The molecular weight excluding hydrogens is 204 g/mol. The van der Waals surface area contributed by atoms with E-state index >= 15 is 0 Å². The van der Waals surface area contributed by atoms with Gasteiger partial charge in [-0.15, -0.1) is 0 Å². The predicted molar refractivity (Wildman–Crippen MR) is 63.2 cm³/mol. The summed E-state index contributed by atoms with van der Waals surface area (Å²) in [6, 6.07) is 5.36. The van der Waals surface area contributed by atoms with Crippen molar-refractivity contribution in [2.45, 2.75) is 26.4 Å². The van der Waals surface area contributed by atoms with Crippen molar-refractivity contribution in [3.63, 3.8) is 0 Å². The fourth-order valence-electron chi connectivity index (χ4n) is 1.39. The van der Waals surface area contributed by atoms with Crippen LogP contribution in [0.15, 0.2) is 18.2 Å². The zero-order valence-electron chi connectivity index (χ0n) is 9.91. The van der Waals surface area contributed by atoms with Gasteiger partial charge in [0.25, 0.3) is 0 Å². The molecule has 0 bridgehead atoms. The number of hydrogen-bond acceptors (Lipinski definition) is 3. The standard InChI is InChI=1S/C12H18N2O2/c1-8-4-10(6-11(5-8)16-3)7-14-12(15)9(2)13/h4-6,9H,7,13H2,1-3H3,(H,14,15). The van der Waals surface area contributed by atoms with E-state index in [0.717, 1.165) is 16.9 Å². The van der Waals surface area contributed by atoms with Crippen LogP contribution in [0.2, 0.25) is 0 Å². The van der Waals surface area contributed by atoms with Crippen LogP contribution in [0, 0.1) is 6.92 Å². The van der Waals surface area contributed by atoms with Crippen molar-refractivity contribution in [2.24, 2.45) is 5.73 Å². The summed E-state index contributed by atoms with van der Waals surface area (Å²) in [4.78, 5) is 11.3. The Hall–Kier alpha value is -1.55. The molecule has 0 aliphatic heterocycles. The third-order valence-electron chi connectivity index (χ3n) is 2.23. The van der Waals surface area contributed by atoms with Crippen molar-refractivity contribution in [2.75, 3.05) is 7.11 Å². The highest BCUT2D eigenvalue weighted by molar-refractivity contribution is 5.80. The molecule has 0 aromatic heterocycles. The molecule has 0 aliphatic rings. The SMILES string of the molecule is COc1cc(C)cc(CNC(=O)C(C)N)c1. The minimum Gasteiger partial charge on any atom is -0.497 e. The quantitative estimate of drug-likeness (QED) is 0.797. The zero-order valence-corrected chi connectivity index (χ0v) is 9.91. The van der Waals surface area contributed by atoms with Crippen LogP contribution in [-0.2, 0) is 11.3 Å². The first-order chi connectivity index (χ1) is 7.52. The van der Waals surface area contributed by atoms with Crippen LogP contribution in [0.1, 0.15) is 18.1 Å². The molecule has 0 saturated carbocycles. The molecule has 1 amide bonds. The van der Waals surface area contributed by atoms with Crippen molar-refractivity contribution < 1.29 is 9.53 Å². The molecule has 88 valence electrons. The largest absolute Gasteiger partial charge is 0.497 e. The minimum atomic E-state index is -0.480. The Bertz CT molecular complexity index is 375. The Morgan fingerprint density at radius 1 is 1.50 bits per heavy atom. The topological polar surface area (TPSA) is 64.3 Å². The van der Waals surface area contributed by atoms with Gasteiger partial charge in [-0.1, -0.05) is 6.07 Å². The van der Waals surface area contributed by atoms with Gasteiger partial charge in [-0.2, -0.15) is 0 Å². The van der Waals surface area contributed by atoms with E-state index in [4.69, 9.17) is 10.5 Å². The van der Waals surface area contributed by atoms with E-state index in [2.05, 4.69) is 5.32 Å². The second-order valence-electron chi connectivity index (χ2n) is 3.86. The van der Waals surface area contributed by atoms with Crippen molar-refractivity contribution in [1.29, 1.82) is 0 Å². The lowest BCUT2D eigenvalue weighted by Gasteiger charge is -2.09. The second-order valence-corrected chi connectivity index (χ2v) is 3.86. The van der Waals surface area contributed by atoms with E-state index < -0.39 is 6.04 Å². The molecular formula is C12H18N2O2. The first kappa shape index (κ1) is 12.5. The van der Waals surface area contributed by atoms with Gasteiger partial charge in [-0.3, -0.25) is 4.79 Å². The molecule has 3 N–H and O–H groups in total. The lowest BCUT2D eigenvalue weighted by Crippen LogP contribution is -2.37. The van der Waals surface area contributed by atoms with E-state index in [1.54, 1.807) is 14.0 Å². The number of rotatable bonds is 4. The molecule has 0 radical (unpaired) electrons. The van der Waals surface area contributed by atoms with Gasteiger partial charge in [0.05, 0.1) is 13.2 Å². The molecule has 1 aromatic carbocycles. The fourth-order valence-corrected chi connectivity index (χ4v) is 1.39. The third-order valence-corrected chi connectivity index (χ3v) is 2.23. The molecule has 0 aliphatic carbocycles. The Morgan fingerprint density at radius 3 is 2.75 bits per heavy atom. The summed E-state index contributed by atoms with van der Waals surface area (Å²) in [6.45, 7) is 4.12. The van der Waals surface area contributed by atoms with Gasteiger partial charge in [-0.25, -0.2) is 0 Å². The molecule has 0 fully saturated rings. The average Bonchev–Trinajstić information content (AvgIpc) is 2.24. The monoisotopic (exact) mass is 222 g/mol. The lowest BCUT2D eigenvalue weighted by atomic mass is 10.1. The minimum absolute atomic E-state index is 0.152. The van der Waals surface area contributed by atoms with Gasteiger partial charge in [-0.05, 0) is 37.1 Å². The van der Waals surface area contributed by atoms with Crippen LogP contribution >= 0.6 is 0 Å². The molecule has 1 rings (SSSR count). The first-order valence-electron chi connectivity index (χ1n) is 5.21. The normalized spacial score (nSPS) is 12.0. The van der Waals surface area contributed by atoms with Crippen LogP contribution in [0.25, 0.3) is 0 Å². The zero-order chi connectivity index (χ0) is 12.1. The number of carbonyl (C=O) groups excluding carboxylic acids is 1. The molecule has 0 spiro atoms. The summed E-state index contributed by atoms with van der Waals surface area (Å²) in [6.07, 6.45) is 0. The first-order valence-corrected chi connectivity index (χ1v) is 5.21. The summed E-state index contributed by atoms with van der Waals surface area (Å²) in [5, 5.41) is 2.76. The Morgan fingerprint density at radius 2 is 2.19 bits per heavy atom. The number of nitrogens with one attached hydrogen (secondary N) is 1. The molecule has 4 nitrogen and oxygen atoms in total. The summed E-state index contributed by atoms with van der Waals surface area (Å²) in [5.74, 6) is 0.644. The third kappa shape index (κ3) is 3.55. The number of carbonyl (C=O) groups is 1. The van der Waals surface area contributed by atoms with Gasteiger partial charge < -0.3 is 15.8 Å². The van der Waals surface area contributed by atoms with Crippen molar-refractivity contribution in [3.8, 4) is 5.75 Å². The van der Waals surface area contributed by atoms with Crippen LogP contribution in [0.3, 0.4) is 0 Å². The van der Waals surface area contributed by atoms with E-state index in [9.17, 15) is 4.79 Å². The van der Waals surface area contributed by atoms with Crippen LogP contribution < -0.4 is 15.8 Å². The Labute approximate surface area is 95.8 Å². The van der Waals surface area contributed by atoms with Gasteiger partial charge in [0.15, 0.2) is 0 Å². The summed E-state index contributed by atoms with van der Waals surface area (Å²) in [5.41, 5.74) is 7.56. The van der Waals surface area contributed by atoms with Crippen LogP contribution in [0.5, 0.6) is 5.75 Å². The number of amides is 1. The highest BCUT2D eigenvalue weighted by atomic mass is 16.5. The van der Waals surface area contributed by atoms with Gasteiger partial charge in [0.1, 0.15) is 5.75 Å². The van der Waals surface area contributed by atoms with Crippen LogP contribution in [-0.4, -0.2) is 19.1 Å². The predicted octanol–water partition coefficient (Wildman–Crippen LogP) is 0.967. The lowest BCUT2D eigenvalue weighted by molar-refractivity contribution is -0.122. The molecule has 1 atom stereocenters. The van der Waals surface area contributed by atoms with Gasteiger partial charge in [0, 0.05) is 6.54 Å². The van der Waals surface area contributed by atoms with Gasteiger partial charge >= 0.3 is 0 Å². The maximum atomic E-state index is 11.3. The maximum Gasteiger partial charge on any atom is 0.236 e. The Balaban J connectivity index is 2.67.